The number of carbonyl (C=O) groups is 2. The number of benzene rings is 2. The Labute approximate surface area is 258 Å². The van der Waals surface area contributed by atoms with Crippen LogP contribution in [0.4, 0.5) is 5.69 Å². The number of anilines is 1. The Hall–Kier alpha value is -4.46. The predicted octanol–water partition coefficient (Wildman–Crippen LogP) is 6.63. The zero-order valence-electron chi connectivity index (χ0n) is 25.5. The Morgan fingerprint density at radius 1 is 0.955 bits per heavy atom. The maximum Gasteiger partial charge on any atom is 0.341 e. The highest BCUT2D eigenvalue weighted by Gasteiger charge is 2.35. The number of pyridine rings is 1. The molecule has 8 nitrogen and oxygen atoms in total. The van der Waals surface area contributed by atoms with Crippen molar-refractivity contribution in [3.05, 3.63) is 94.8 Å². The highest BCUT2D eigenvalue weighted by atomic mass is 16.5. The number of piperidine rings is 1. The van der Waals surface area contributed by atoms with Gasteiger partial charge in [0.2, 0.25) is 5.91 Å². The molecule has 0 radical (unpaired) electrons. The topological polar surface area (TPSA) is 89.4 Å². The molecule has 0 spiro atoms. The van der Waals surface area contributed by atoms with Crippen LogP contribution in [0.3, 0.4) is 0 Å². The van der Waals surface area contributed by atoms with Gasteiger partial charge in [0.05, 0.1) is 30.2 Å². The number of rotatable bonds is 8. The molecule has 1 saturated carbocycles. The fraction of sp³-hybridized carbons (Fsp3) is 0.389. The minimum absolute atomic E-state index is 0.177. The first-order valence-corrected chi connectivity index (χ1v) is 16.0. The molecule has 2 aliphatic carbocycles. The van der Waals surface area contributed by atoms with Gasteiger partial charge in [-0.3, -0.25) is 4.79 Å². The summed E-state index contributed by atoms with van der Waals surface area (Å²) in [6.45, 7) is 5.73. The van der Waals surface area contributed by atoms with Crippen molar-refractivity contribution in [2.45, 2.75) is 64.3 Å². The molecule has 4 aromatic rings. The number of esters is 1. The Bertz CT molecular complexity index is 1680. The molecule has 7 rings (SSSR count). The van der Waals surface area contributed by atoms with E-state index in [2.05, 4.69) is 57.8 Å². The van der Waals surface area contributed by atoms with Gasteiger partial charge < -0.3 is 15.0 Å². The van der Waals surface area contributed by atoms with Crippen molar-refractivity contribution in [2.24, 2.45) is 5.92 Å². The first kappa shape index (κ1) is 28.3. The number of amides is 1. The van der Waals surface area contributed by atoms with Gasteiger partial charge in [-0.25, -0.2) is 14.5 Å². The van der Waals surface area contributed by atoms with E-state index >= 15 is 0 Å². The third-order valence-corrected chi connectivity index (χ3v) is 9.44. The lowest BCUT2D eigenvalue weighted by molar-refractivity contribution is -0.133. The van der Waals surface area contributed by atoms with Gasteiger partial charge in [0.15, 0.2) is 5.82 Å². The quantitative estimate of drug-likeness (QED) is 0.232. The van der Waals surface area contributed by atoms with E-state index in [9.17, 15) is 9.59 Å². The molecule has 226 valence electrons. The third-order valence-electron chi connectivity index (χ3n) is 9.44. The first-order chi connectivity index (χ1) is 21.5. The molecule has 1 aliphatic heterocycles. The average molecular weight is 590 g/mol. The lowest BCUT2D eigenvalue weighted by atomic mass is 9.89. The zero-order chi connectivity index (χ0) is 30.2. The molecular weight excluding hydrogens is 550 g/mol. The zero-order valence-corrected chi connectivity index (χ0v) is 25.5. The molecule has 44 heavy (non-hydrogen) atoms. The van der Waals surface area contributed by atoms with E-state index in [0.29, 0.717) is 41.4 Å². The molecule has 2 fully saturated rings. The second-order valence-corrected chi connectivity index (χ2v) is 12.3. The summed E-state index contributed by atoms with van der Waals surface area (Å²) in [5.74, 6) is 1.48. The van der Waals surface area contributed by atoms with E-state index in [0.717, 1.165) is 68.6 Å². The van der Waals surface area contributed by atoms with Crippen LogP contribution in [0.15, 0.2) is 66.9 Å². The van der Waals surface area contributed by atoms with Crippen LogP contribution in [0.5, 0.6) is 0 Å². The number of ether oxygens (including phenoxy) is 1. The van der Waals surface area contributed by atoms with E-state index in [-0.39, 0.29) is 12.0 Å². The van der Waals surface area contributed by atoms with Crippen LogP contribution in [0.1, 0.15) is 83.7 Å². The predicted molar refractivity (Wildman–Crippen MR) is 170 cm³/mol. The summed E-state index contributed by atoms with van der Waals surface area (Å²) < 4.78 is 6.89. The van der Waals surface area contributed by atoms with Gasteiger partial charge in [-0.1, -0.05) is 36.4 Å². The van der Waals surface area contributed by atoms with Gasteiger partial charge in [-0.2, -0.15) is 5.10 Å². The minimum Gasteiger partial charge on any atom is -0.462 e. The summed E-state index contributed by atoms with van der Waals surface area (Å²) in [5, 5.41) is 8.26. The number of aromatic nitrogens is 3. The smallest absolute Gasteiger partial charge is 0.341 e. The summed E-state index contributed by atoms with van der Waals surface area (Å²) in [7, 11) is 0. The number of hydrogen-bond donors (Lipinski definition) is 1. The van der Waals surface area contributed by atoms with Crippen molar-refractivity contribution in [1.82, 2.24) is 19.7 Å². The van der Waals surface area contributed by atoms with E-state index in [1.807, 2.05) is 25.1 Å². The monoisotopic (exact) mass is 589 g/mol. The van der Waals surface area contributed by atoms with Gasteiger partial charge in [0.25, 0.3) is 0 Å². The van der Waals surface area contributed by atoms with Gasteiger partial charge in [0, 0.05) is 30.3 Å². The van der Waals surface area contributed by atoms with Gasteiger partial charge >= 0.3 is 5.97 Å². The van der Waals surface area contributed by atoms with E-state index < -0.39 is 0 Å². The molecule has 0 bridgehead atoms. The molecule has 1 unspecified atom stereocenters. The van der Waals surface area contributed by atoms with Crippen LogP contribution < -0.4 is 5.32 Å². The summed E-state index contributed by atoms with van der Waals surface area (Å²) >= 11 is 0. The maximum absolute atomic E-state index is 12.4. The largest absolute Gasteiger partial charge is 0.462 e. The van der Waals surface area contributed by atoms with Crippen LogP contribution in [0.2, 0.25) is 0 Å². The van der Waals surface area contributed by atoms with Crippen LogP contribution in [-0.2, 0) is 16.0 Å². The normalized spacial score (nSPS) is 18.2. The van der Waals surface area contributed by atoms with Crippen molar-refractivity contribution in [2.75, 3.05) is 25.0 Å². The van der Waals surface area contributed by atoms with Crippen molar-refractivity contribution in [3.63, 3.8) is 0 Å². The fourth-order valence-corrected chi connectivity index (χ4v) is 6.87. The molecule has 1 amide bonds. The van der Waals surface area contributed by atoms with Crippen molar-refractivity contribution < 1.29 is 14.3 Å². The molecule has 1 N–H and O–H groups in total. The van der Waals surface area contributed by atoms with Crippen LogP contribution in [0.25, 0.3) is 17.1 Å². The number of aryl methyl sites for hydroxylation is 1. The minimum atomic E-state index is -0.374. The molecule has 1 atom stereocenters. The molecule has 8 heteroatoms. The SMILES string of the molecule is CCOC(=O)c1cnn(-c2cccc(-c3cccc4c3C(Nc3ccc(C5CCN(C(=O)C6CC6)CC5)cc3)CC4)n2)c1C. The van der Waals surface area contributed by atoms with Crippen molar-refractivity contribution in [1.29, 1.82) is 0 Å². The van der Waals surface area contributed by atoms with Crippen LogP contribution in [0, 0.1) is 12.8 Å². The summed E-state index contributed by atoms with van der Waals surface area (Å²) in [4.78, 5) is 31.9. The number of nitrogens with zero attached hydrogens (tertiary/aromatic N) is 4. The lowest BCUT2D eigenvalue weighted by Crippen LogP contribution is -2.38. The molecule has 3 aliphatic rings. The number of fused-ring (bicyclic) bond motifs is 1. The standard InChI is InChI=1S/C36H39N5O3/c1-3-44-36(43)30-22-37-41(23(30)2)33-9-5-8-31(39-33)29-7-4-6-26-14-17-32(34(26)29)38-28-15-12-24(13-16-28)25-18-20-40(21-19-25)35(42)27-10-11-27/h4-9,12-13,15-16,22,25,27,32,38H,3,10-11,14,17-21H2,1-2H3. The van der Waals surface area contributed by atoms with E-state index in [1.54, 1.807) is 17.8 Å². The second kappa shape index (κ2) is 11.9. The Balaban J connectivity index is 1.07. The highest BCUT2D eigenvalue weighted by Crippen LogP contribution is 2.41. The first-order valence-electron chi connectivity index (χ1n) is 16.0. The molecular formula is C36H39N5O3. The van der Waals surface area contributed by atoms with E-state index in [1.165, 1.54) is 16.7 Å². The number of carbonyl (C=O) groups excluding carboxylic acids is 2. The average Bonchev–Trinajstić information content (AvgIpc) is 3.72. The summed E-state index contributed by atoms with van der Waals surface area (Å²) in [6.07, 6.45) is 7.81. The van der Waals surface area contributed by atoms with Gasteiger partial charge in [-0.05, 0) is 99.2 Å². The van der Waals surface area contributed by atoms with Crippen molar-refractivity contribution >= 4 is 17.6 Å². The molecule has 2 aromatic heterocycles. The molecule has 2 aromatic carbocycles. The molecule has 3 heterocycles. The summed E-state index contributed by atoms with van der Waals surface area (Å²) in [6, 6.07) is 21.5. The van der Waals surface area contributed by atoms with Crippen LogP contribution in [-0.4, -0.2) is 51.2 Å². The maximum atomic E-state index is 12.4. The lowest BCUT2D eigenvalue weighted by Gasteiger charge is -2.32. The van der Waals surface area contributed by atoms with Crippen LogP contribution >= 0.6 is 0 Å². The van der Waals surface area contributed by atoms with E-state index in [4.69, 9.17) is 9.72 Å². The molecule has 1 saturated heterocycles. The summed E-state index contributed by atoms with van der Waals surface area (Å²) in [5.41, 5.74) is 8.25. The Kier molecular flexibility index (Phi) is 7.66. The highest BCUT2D eigenvalue weighted by molar-refractivity contribution is 5.90. The van der Waals surface area contributed by atoms with Crippen molar-refractivity contribution in [3.8, 4) is 17.1 Å². The van der Waals surface area contributed by atoms with Gasteiger partial charge in [-0.15, -0.1) is 0 Å². The fourth-order valence-electron chi connectivity index (χ4n) is 6.87. The Morgan fingerprint density at radius 3 is 2.48 bits per heavy atom. The third kappa shape index (κ3) is 5.49. The number of likely N-dealkylation sites (tertiary alicyclic amines) is 1. The Morgan fingerprint density at radius 2 is 1.73 bits per heavy atom. The second-order valence-electron chi connectivity index (χ2n) is 12.3. The number of nitrogens with one attached hydrogen (secondary N) is 1. The van der Waals surface area contributed by atoms with Gasteiger partial charge in [0.1, 0.15) is 5.56 Å². The number of hydrogen-bond acceptors (Lipinski definition) is 6.